The highest BCUT2D eigenvalue weighted by atomic mass is 16.4. The van der Waals surface area contributed by atoms with Crippen LogP contribution in [0.15, 0.2) is 36.4 Å². The minimum absolute atomic E-state index is 0.00887. The summed E-state index contributed by atoms with van der Waals surface area (Å²) in [6.45, 7) is 7.67. The van der Waals surface area contributed by atoms with Gasteiger partial charge in [0, 0.05) is 49.7 Å². The van der Waals surface area contributed by atoms with E-state index in [1.54, 1.807) is 0 Å². The molecule has 2 aromatic rings. The van der Waals surface area contributed by atoms with E-state index in [0.29, 0.717) is 25.7 Å². The Balaban J connectivity index is 1.38. The van der Waals surface area contributed by atoms with Gasteiger partial charge in [0.1, 0.15) is 12.1 Å². The first-order chi connectivity index (χ1) is 30.8. The van der Waals surface area contributed by atoms with Crippen LogP contribution in [0.5, 0.6) is 0 Å². The molecule has 4 rings (SSSR count). The van der Waals surface area contributed by atoms with Crippen molar-refractivity contribution in [1.82, 2.24) is 10.6 Å². The molecule has 64 heavy (non-hydrogen) atoms. The molecule has 2 heterocycles. The van der Waals surface area contributed by atoms with Gasteiger partial charge in [-0.25, -0.2) is 0 Å². The Hall–Kier alpha value is -4.16. The highest BCUT2D eigenvalue weighted by Crippen LogP contribution is 2.37. The summed E-state index contributed by atoms with van der Waals surface area (Å²) in [6, 6.07) is 10.2. The van der Waals surface area contributed by atoms with E-state index < -0.39 is 30.1 Å². The monoisotopic (exact) mass is 890 g/mol. The van der Waals surface area contributed by atoms with Crippen molar-refractivity contribution in [3.8, 4) is 0 Å². The summed E-state index contributed by atoms with van der Waals surface area (Å²) in [5.41, 5.74) is 5.10. The lowest BCUT2D eigenvalue weighted by Crippen LogP contribution is -2.54. The number of aliphatic hydroxyl groups is 2. The molecule has 5 N–H and O–H groups in total. The fourth-order valence-corrected chi connectivity index (χ4v) is 9.94. The van der Waals surface area contributed by atoms with Crippen LogP contribution in [-0.2, 0) is 32.0 Å². The van der Waals surface area contributed by atoms with E-state index in [1.165, 1.54) is 77.0 Å². The van der Waals surface area contributed by atoms with Gasteiger partial charge in [-0.15, -0.1) is 0 Å². The highest BCUT2D eigenvalue weighted by molar-refractivity contribution is 6.01. The van der Waals surface area contributed by atoms with Crippen molar-refractivity contribution in [2.24, 2.45) is 11.8 Å². The minimum atomic E-state index is -0.687. The predicted octanol–water partition coefficient (Wildman–Crippen LogP) is 9.23. The Bertz CT molecular complexity index is 1670. The Kier molecular flexibility index (Phi) is 22.4. The van der Waals surface area contributed by atoms with E-state index in [-0.39, 0.29) is 42.8 Å². The lowest BCUT2D eigenvalue weighted by Gasteiger charge is -2.38. The molecule has 0 saturated heterocycles. The maximum Gasteiger partial charge on any atom is 0.303 e. The molecule has 0 bridgehead atoms. The van der Waals surface area contributed by atoms with Gasteiger partial charge >= 0.3 is 5.97 Å². The van der Waals surface area contributed by atoms with Gasteiger partial charge in [0.2, 0.25) is 17.7 Å². The van der Waals surface area contributed by atoms with Crippen molar-refractivity contribution in [2.75, 3.05) is 42.0 Å². The van der Waals surface area contributed by atoms with Crippen molar-refractivity contribution < 1.29 is 34.5 Å². The third-order valence-corrected chi connectivity index (χ3v) is 13.4. The first-order valence-electron chi connectivity index (χ1n) is 24.9. The van der Waals surface area contributed by atoms with E-state index in [9.17, 15) is 29.4 Å². The van der Waals surface area contributed by atoms with Crippen molar-refractivity contribution in [2.45, 2.75) is 193 Å². The number of fused-ring (bicyclic) bond motifs is 2. The molecule has 0 saturated carbocycles. The first kappa shape index (κ1) is 52.5. The zero-order valence-corrected chi connectivity index (χ0v) is 40.2. The van der Waals surface area contributed by atoms with Gasteiger partial charge in [-0.05, 0) is 85.0 Å². The van der Waals surface area contributed by atoms with Gasteiger partial charge in [-0.3, -0.25) is 24.1 Å². The van der Waals surface area contributed by atoms with Crippen LogP contribution in [0.25, 0.3) is 0 Å². The second-order valence-electron chi connectivity index (χ2n) is 19.4. The van der Waals surface area contributed by atoms with E-state index in [1.807, 2.05) is 92.9 Å². The number of likely N-dealkylation sites (N-methyl/N-ethyl adjacent to an activating group) is 2. The van der Waals surface area contributed by atoms with Crippen molar-refractivity contribution in [3.05, 3.63) is 47.5 Å². The molecule has 358 valence electrons. The van der Waals surface area contributed by atoms with Crippen LogP contribution in [0.3, 0.4) is 0 Å². The van der Waals surface area contributed by atoms with E-state index in [0.717, 1.165) is 72.4 Å². The first-order valence-corrected chi connectivity index (χ1v) is 24.9. The number of anilines is 4. The largest absolute Gasteiger partial charge is 0.481 e. The fraction of sp³-hybridized carbons (Fsp3) is 0.692. The number of carboxylic acids is 1. The summed E-state index contributed by atoms with van der Waals surface area (Å²) >= 11 is 0. The predicted molar refractivity (Wildman–Crippen MR) is 260 cm³/mol. The molecular weight excluding hydrogens is 807 g/mol. The number of carbonyl (C=O) groups is 4. The van der Waals surface area contributed by atoms with E-state index in [2.05, 4.69) is 10.6 Å². The molecule has 0 fully saturated rings. The molecule has 0 radical (unpaired) electrons. The smallest absolute Gasteiger partial charge is 0.303 e. The van der Waals surface area contributed by atoms with Crippen LogP contribution in [0.1, 0.15) is 167 Å². The second-order valence-corrected chi connectivity index (χ2v) is 19.4. The second kappa shape index (κ2) is 27.3. The number of nitrogens with zero attached hydrogens (tertiary/aromatic N) is 3. The Morgan fingerprint density at radius 1 is 0.578 bits per heavy atom. The molecule has 2 aliphatic heterocycles. The van der Waals surface area contributed by atoms with E-state index >= 15 is 0 Å². The normalized spacial score (nSPS) is 19.0. The zero-order chi connectivity index (χ0) is 46.6. The summed E-state index contributed by atoms with van der Waals surface area (Å²) in [5.74, 6) is -0.870. The Morgan fingerprint density at radius 2 is 0.906 bits per heavy atom. The molecule has 2 aromatic carbocycles. The standard InChI is InChI=1S/C52H83N5O7/c1-37(2)49-51(63)53-41(35-58)31-39-33-43(27-29-45(39)55(49)5)57(44-28-30-46-40(34-44)32-42(36-59)54-52(64)50(38(3)4)56(46)6)47(60)25-23-21-19-17-15-13-11-9-7-8-10-12-14-16-18-20-22-24-26-48(61)62/h27-30,33-34,37-38,41-42,49-50,58-59H,7-26,31-32,35-36H2,1-6H3,(H,53,63)(H,54,64)(H,61,62)/t41-,42-,49-,50-/m0/s1. The number of rotatable bonds is 27. The fourth-order valence-electron chi connectivity index (χ4n) is 9.94. The molecular formula is C52H83N5O7. The molecule has 0 aliphatic carbocycles. The average Bonchev–Trinajstić information content (AvgIpc) is 3.24. The van der Waals surface area contributed by atoms with Gasteiger partial charge in [0.25, 0.3) is 0 Å². The number of unbranched alkanes of at least 4 members (excludes halogenated alkanes) is 17. The summed E-state index contributed by atoms with van der Waals surface area (Å²) in [5, 5.41) is 35.5. The number of carboxylic acid groups (broad SMARTS) is 1. The maximum absolute atomic E-state index is 14.6. The third kappa shape index (κ3) is 15.8. The van der Waals surface area contributed by atoms with Crippen molar-refractivity contribution in [1.29, 1.82) is 0 Å². The summed E-state index contributed by atoms with van der Waals surface area (Å²) in [4.78, 5) is 57.6. The molecule has 12 heteroatoms. The number of benzene rings is 2. The number of carbonyl (C=O) groups excluding carboxylic acids is 3. The molecule has 0 aromatic heterocycles. The molecule has 12 nitrogen and oxygen atoms in total. The van der Waals surface area contributed by atoms with Gasteiger partial charge in [-0.1, -0.05) is 130 Å². The summed E-state index contributed by atoms with van der Waals surface area (Å²) in [7, 11) is 3.86. The van der Waals surface area contributed by atoms with Crippen LogP contribution in [0.2, 0.25) is 0 Å². The summed E-state index contributed by atoms with van der Waals surface area (Å²) in [6.07, 6.45) is 22.6. The van der Waals surface area contributed by atoms with Gasteiger partial charge in [-0.2, -0.15) is 0 Å². The number of hydrogen-bond acceptors (Lipinski definition) is 8. The minimum Gasteiger partial charge on any atom is -0.481 e. The highest BCUT2D eigenvalue weighted by Gasteiger charge is 2.35. The number of nitrogens with one attached hydrogen (secondary N) is 2. The number of aliphatic hydroxyl groups excluding tert-OH is 2. The maximum atomic E-state index is 14.6. The molecule has 0 unspecified atom stereocenters. The van der Waals surface area contributed by atoms with Crippen molar-refractivity contribution >= 4 is 46.4 Å². The van der Waals surface area contributed by atoms with Crippen LogP contribution < -0.4 is 25.3 Å². The SMILES string of the molecule is CC(C)[C@H]1C(=O)N[C@H](CO)Cc2cc(N(C(=O)CCCCCCCCCCCCCCCCCCCCC(=O)O)c3ccc4c(c3)C[C@@H](CO)NC(=O)[C@H](C(C)C)N4C)ccc2N1C. The molecule has 0 spiro atoms. The van der Waals surface area contributed by atoms with Crippen molar-refractivity contribution in [3.63, 3.8) is 0 Å². The van der Waals surface area contributed by atoms with Gasteiger partial charge < -0.3 is 35.8 Å². The average molecular weight is 890 g/mol. The number of hydrogen-bond donors (Lipinski definition) is 5. The third-order valence-electron chi connectivity index (χ3n) is 13.4. The molecule has 4 atom stereocenters. The summed E-state index contributed by atoms with van der Waals surface area (Å²) < 4.78 is 0. The van der Waals surface area contributed by atoms with E-state index in [4.69, 9.17) is 5.11 Å². The Morgan fingerprint density at radius 3 is 1.22 bits per heavy atom. The molecule has 2 aliphatic rings. The quantitative estimate of drug-likeness (QED) is 0.0551. The zero-order valence-electron chi connectivity index (χ0n) is 40.2. The lowest BCUT2D eigenvalue weighted by atomic mass is 9.94. The van der Waals surface area contributed by atoms with Crippen LogP contribution in [-0.4, -0.2) is 90.5 Å². The van der Waals surface area contributed by atoms with Gasteiger partial charge in [0.05, 0.1) is 25.3 Å². The van der Waals surface area contributed by atoms with Crippen LogP contribution >= 0.6 is 0 Å². The number of aliphatic carboxylic acids is 1. The number of amides is 3. The van der Waals surface area contributed by atoms with Crippen LogP contribution in [0, 0.1) is 11.8 Å². The lowest BCUT2D eigenvalue weighted by molar-refractivity contribution is -0.137. The molecule has 3 amide bonds. The van der Waals surface area contributed by atoms with Crippen LogP contribution in [0.4, 0.5) is 22.7 Å². The Labute approximate surface area is 384 Å². The topological polar surface area (TPSA) is 163 Å². The van der Waals surface area contributed by atoms with Gasteiger partial charge in [0.15, 0.2) is 0 Å².